The Morgan fingerprint density at radius 1 is 1.17 bits per heavy atom. The lowest BCUT2D eigenvalue weighted by molar-refractivity contribution is 0.273. The zero-order valence-electron chi connectivity index (χ0n) is 13.0. The van der Waals surface area contributed by atoms with Crippen LogP contribution in [0.15, 0.2) is 0 Å². The number of hydrogen-bond acceptors (Lipinski definition) is 2. The highest BCUT2D eigenvalue weighted by atomic mass is 14.9. The van der Waals surface area contributed by atoms with Crippen molar-refractivity contribution in [2.75, 3.05) is 26.2 Å². The summed E-state index contributed by atoms with van der Waals surface area (Å²) < 4.78 is 0. The number of hydrogen-bond donors (Lipinski definition) is 2. The number of piperidine rings is 1. The lowest BCUT2D eigenvalue weighted by atomic mass is 9.85. The predicted octanol–water partition coefficient (Wildman–Crippen LogP) is 3.28. The van der Waals surface area contributed by atoms with Crippen molar-refractivity contribution in [1.82, 2.24) is 10.6 Å². The topological polar surface area (TPSA) is 24.1 Å². The van der Waals surface area contributed by atoms with Gasteiger partial charge in [-0.2, -0.15) is 0 Å². The highest BCUT2D eigenvalue weighted by Crippen LogP contribution is 2.19. The fraction of sp³-hybridized carbons (Fsp3) is 1.00. The van der Waals surface area contributed by atoms with E-state index in [9.17, 15) is 0 Å². The summed E-state index contributed by atoms with van der Waals surface area (Å²) in [6, 6.07) is 0. The molecule has 1 aliphatic rings. The first kappa shape index (κ1) is 16.0. The molecule has 1 aliphatic heterocycles. The fourth-order valence-electron chi connectivity index (χ4n) is 3.20. The smallest absolute Gasteiger partial charge is 0.00156 e. The van der Waals surface area contributed by atoms with E-state index >= 15 is 0 Å². The second-order valence-corrected chi connectivity index (χ2v) is 6.71. The normalized spacial score (nSPS) is 21.2. The van der Waals surface area contributed by atoms with Crippen LogP contribution < -0.4 is 10.6 Å². The molecule has 1 unspecified atom stereocenters. The van der Waals surface area contributed by atoms with Gasteiger partial charge in [-0.1, -0.05) is 27.7 Å². The SMILES string of the molecule is CC(C)C(CNCCCC1CCCNC1)C(C)C. The monoisotopic (exact) mass is 254 g/mol. The Kier molecular flexibility index (Phi) is 7.92. The Morgan fingerprint density at radius 2 is 1.89 bits per heavy atom. The molecular weight excluding hydrogens is 220 g/mol. The van der Waals surface area contributed by atoms with E-state index in [1.807, 2.05) is 0 Å². The fourth-order valence-corrected chi connectivity index (χ4v) is 3.20. The van der Waals surface area contributed by atoms with E-state index in [1.54, 1.807) is 0 Å². The average Bonchev–Trinajstić information content (AvgIpc) is 2.34. The van der Waals surface area contributed by atoms with Crippen molar-refractivity contribution in [3.05, 3.63) is 0 Å². The molecule has 1 fully saturated rings. The molecule has 2 nitrogen and oxygen atoms in total. The van der Waals surface area contributed by atoms with Gasteiger partial charge in [-0.3, -0.25) is 0 Å². The molecule has 1 atom stereocenters. The second kappa shape index (κ2) is 8.92. The Bertz CT molecular complexity index is 187. The zero-order chi connectivity index (χ0) is 13.4. The van der Waals surface area contributed by atoms with Gasteiger partial charge in [0.05, 0.1) is 0 Å². The van der Waals surface area contributed by atoms with Gasteiger partial charge in [0.2, 0.25) is 0 Å². The van der Waals surface area contributed by atoms with Crippen molar-refractivity contribution in [3.8, 4) is 0 Å². The van der Waals surface area contributed by atoms with Crippen LogP contribution in [0, 0.1) is 23.7 Å². The lowest BCUT2D eigenvalue weighted by Crippen LogP contribution is -2.32. The van der Waals surface area contributed by atoms with Crippen molar-refractivity contribution in [2.24, 2.45) is 23.7 Å². The molecule has 0 aromatic heterocycles. The molecule has 0 aromatic rings. The molecule has 1 saturated heterocycles. The minimum atomic E-state index is 0.792. The molecule has 18 heavy (non-hydrogen) atoms. The summed E-state index contributed by atoms with van der Waals surface area (Å²) in [5.74, 6) is 3.34. The van der Waals surface area contributed by atoms with Gasteiger partial charge < -0.3 is 10.6 Å². The van der Waals surface area contributed by atoms with Crippen molar-refractivity contribution in [1.29, 1.82) is 0 Å². The van der Waals surface area contributed by atoms with Crippen LogP contribution in [-0.2, 0) is 0 Å². The van der Waals surface area contributed by atoms with E-state index in [-0.39, 0.29) is 0 Å². The molecule has 0 spiro atoms. The van der Waals surface area contributed by atoms with Gasteiger partial charge in [0.25, 0.3) is 0 Å². The van der Waals surface area contributed by atoms with E-state index < -0.39 is 0 Å². The van der Waals surface area contributed by atoms with Gasteiger partial charge in [0, 0.05) is 0 Å². The van der Waals surface area contributed by atoms with Crippen LogP contribution in [-0.4, -0.2) is 26.2 Å². The largest absolute Gasteiger partial charge is 0.316 e. The summed E-state index contributed by atoms with van der Waals surface area (Å²) in [6.45, 7) is 14.3. The lowest BCUT2D eigenvalue weighted by Gasteiger charge is -2.26. The third kappa shape index (κ3) is 6.19. The van der Waals surface area contributed by atoms with Crippen molar-refractivity contribution in [3.63, 3.8) is 0 Å². The van der Waals surface area contributed by atoms with Crippen LogP contribution in [0.5, 0.6) is 0 Å². The van der Waals surface area contributed by atoms with Crippen LogP contribution >= 0.6 is 0 Å². The first-order valence-corrected chi connectivity index (χ1v) is 8.02. The van der Waals surface area contributed by atoms with Gasteiger partial charge in [0.15, 0.2) is 0 Å². The third-order valence-electron chi connectivity index (χ3n) is 4.46. The molecule has 0 radical (unpaired) electrons. The molecule has 108 valence electrons. The van der Waals surface area contributed by atoms with Crippen molar-refractivity contribution in [2.45, 2.75) is 53.4 Å². The molecule has 2 N–H and O–H groups in total. The first-order valence-electron chi connectivity index (χ1n) is 8.02. The standard InChI is InChI=1S/C16H34N2/c1-13(2)16(14(3)4)12-18-10-6-8-15-7-5-9-17-11-15/h13-18H,5-12H2,1-4H3. The van der Waals surface area contributed by atoms with Crippen LogP contribution in [0.25, 0.3) is 0 Å². The molecule has 0 aliphatic carbocycles. The van der Waals surface area contributed by atoms with Crippen LogP contribution in [0.2, 0.25) is 0 Å². The minimum absolute atomic E-state index is 0.792. The van der Waals surface area contributed by atoms with E-state index in [4.69, 9.17) is 0 Å². The van der Waals surface area contributed by atoms with Crippen LogP contribution in [0.4, 0.5) is 0 Å². The van der Waals surface area contributed by atoms with Crippen molar-refractivity contribution < 1.29 is 0 Å². The Labute approximate surface area is 114 Å². The van der Waals surface area contributed by atoms with Gasteiger partial charge in [0.1, 0.15) is 0 Å². The summed E-state index contributed by atoms with van der Waals surface area (Å²) in [4.78, 5) is 0. The highest BCUT2D eigenvalue weighted by molar-refractivity contribution is 4.71. The van der Waals surface area contributed by atoms with Crippen LogP contribution in [0.3, 0.4) is 0 Å². The van der Waals surface area contributed by atoms with Gasteiger partial charge in [-0.25, -0.2) is 0 Å². The summed E-state index contributed by atoms with van der Waals surface area (Å²) in [6.07, 6.45) is 5.55. The second-order valence-electron chi connectivity index (χ2n) is 6.71. The maximum absolute atomic E-state index is 3.67. The Morgan fingerprint density at radius 3 is 2.44 bits per heavy atom. The Hall–Kier alpha value is -0.0800. The maximum atomic E-state index is 3.67. The molecule has 0 bridgehead atoms. The predicted molar refractivity (Wildman–Crippen MR) is 80.9 cm³/mol. The molecule has 0 saturated carbocycles. The summed E-state index contributed by atoms with van der Waals surface area (Å²) in [7, 11) is 0. The first-order chi connectivity index (χ1) is 8.61. The third-order valence-corrected chi connectivity index (χ3v) is 4.46. The summed E-state index contributed by atoms with van der Waals surface area (Å²) in [5, 5.41) is 7.17. The van der Waals surface area contributed by atoms with Crippen LogP contribution in [0.1, 0.15) is 53.4 Å². The summed E-state index contributed by atoms with van der Waals surface area (Å²) in [5.41, 5.74) is 0. The molecule has 2 heteroatoms. The Balaban J connectivity index is 2.03. The zero-order valence-corrected chi connectivity index (χ0v) is 13.0. The maximum Gasteiger partial charge on any atom is -0.00156 e. The van der Waals surface area contributed by atoms with Gasteiger partial charge in [-0.05, 0) is 75.5 Å². The molecule has 1 rings (SSSR count). The summed E-state index contributed by atoms with van der Waals surface area (Å²) >= 11 is 0. The molecule has 0 amide bonds. The van der Waals surface area contributed by atoms with Gasteiger partial charge in [-0.15, -0.1) is 0 Å². The number of nitrogens with one attached hydrogen (secondary N) is 2. The highest BCUT2D eigenvalue weighted by Gasteiger charge is 2.17. The van der Waals surface area contributed by atoms with E-state index in [2.05, 4.69) is 38.3 Å². The van der Waals surface area contributed by atoms with Crippen molar-refractivity contribution >= 4 is 0 Å². The molecular formula is C16H34N2. The van der Waals surface area contributed by atoms with E-state index in [0.717, 1.165) is 23.7 Å². The average molecular weight is 254 g/mol. The number of rotatable bonds is 8. The van der Waals surface area contributed by atoms with E-state index in [0.29, 0.717) is 0 Å². The minimum Gasteiger partial charge on any atom is -0.316 e. The van der Waals surface area contributed by atoms with Gasteiger partial charge >= 0.3 is 0 Å². The molecule has 0 aromatic carbocycles. The molecule has 1 heterocycles. The van der Waals surface area contributed by atoms with E-state index in [1.165, 1.54) is 51.9 Å². The quantitative estimate of drug-likeness (QED) is 0.650.